The second-order valence-corrected chi connectivity index (χ2v) is 5.92. The largest absolute Gasteiger partial charge is 0.449 e. The monoisotopic (exact) mass is 352 g/mol. The van der Waals surface area contributed by atoms with Gasteiger partial charge in [-0.05, 0) is 42.7 Å². The van der Waals surface area contributed by atoms with E-state index in [9.17, 15) is 17.6 Å². The molecule has 24 heavy (non-hydrogen) atoms. The van der Waals surface area contributed by atoms with Gasteiger partial charge in [-0.3, -0.25) is 0 Å². The number of H-pyrrole nitrogens is 1. The zero-order valence-electron chi connectivity index (χ0n) is 12.5. The number of imidazole rings is 1. The fraction of sp³-hybridized carbons (Fsp3) is 0.118. The number of aromatic amines is 1. The number of alkyl halides is 3. The average Bonchev–Trinajstić information content (AvgIpc) is 3.01. The van der Waals surface area contributed by atoms with E-state index in [0.29, 0.717) is 11.1 Å². The lowest BCUT2D eigenvalue weighted by Gasteiger charge is -2.04. The van der Waals surface area contributed by atoms with Crippen molar-refractivity contribution in [3.05, 3.63) is 60.2 Å². The van der Waals surface area contributed by atoms with Crippen LogP contribution in [0.4, 0.5) is 17.6 Å². The van der Waals surface area contributed by atoms with Crippen LogP contribution in [0.3, 0.4) is 0 Å². The molecule has 0 aliphatic carbocycles. The van der Waals surface area contributed by atoms with Crippen LogP contribution < -0.4 is 0 Å². The van der Waals surface area contributed by atoms with E-state index in [4.69, 9.17) is 0 Å². The van der Waals surface area contributed by atoms with Gasteiger partial charge in [-0.15, -0.1) is 11.8 Å². The van der Waals surface area contributed by atoms with Crippen molar-refractivity contribution in [2.75, 3.05) is 6.26 Å². The zero-order chi connectivity index (χ0) is 17.3. The molecule has 0 aliphatic rings. The molecule has 1 aromatic heterocycles. The lowest BCUT2D eigenvalue weighted by atomic mass is 10.1. The summed E-state index contributed by atoms with van der Waals surface area (Å²) in [5.74, 6) is -1.54. The number of rotatable bonds is 3. The van der Waals surface area contributed by atoms with Crippen LogP contribution in [0, 0.1) is 5.82 Å². The van der Waals surface area contributed by atoms with Crippen LogP contribution in [0.25, 0.3) is 22.5 Å². The van der Waals surface area contributed by atoms with Gasteiger partial charge in [0.15, 0.2) is 0 Å². The molecule has 1 N–H and O–H groups in total. The van der Waals surface area contributed by atoms with Gasteiger partial charge in [-0.2, -0.15) is 13.2 Å². The first-order valence-electron chi connectivity index (χ1n) is 6.96. The van der Waals surface area contributed by atoms with Crippen molar-refractivity contribution >= 4 is 11.8 Å². The topological polar surface area (TPSA) is 28.7 Å². The first-order valence-corrected chi connectivity index (χ1v) is 8.18. The number of nitrogens with one attached hydrogen (secondary N) is 1. The molecule has 2 nitrogen and oxygen atoms in total. The molecule has 0 saturated carbocycles. The van der Waals surface area contributed by atoms with E-state index >= 15 is 0 Å². The molecular formula is C17H12F4N2S. The Morgan fingerprint density at radius 3 is 2.04 bits per heavy atom. The molecule has 0 saturated heterocycles. The zero-order valence-corrected chi connectivity index (χ0v) is 13.3. The predicted molar refractivity (Wildman–Crippen MR) is 86.2 cm³/mol. The summed E-state index contributed by atoms with van der Waals surface area (Å²) >= 11 is 1.53. The smallest absolute Gasteiger partial charge is 0.334 e. The standard InChI is InChI=1S/C17H12F4N2S/c1-24-13-8-4-11(5-9-13)15-14(10-2-6-12(18)7-3-10)22-16(23-15)17(19,20)21/h2-9H,1H3,(H,22,23). The summed E-state index contributed by atoms with van der Waals surface area (Å²) in [5.41, 5.74) is 1.38. The summed E-state index contributed by atoms with van der Waals surface area (Å²) in [7, 11) is 0. The molecule has 124 valence electrons. The number of halogens is 4. The van der Waals surface area contributed by atoms with Crippen LogP contribution in [-0.2, 0) is 6.18 Å². The number of hydrogen-bond donors (Lipinski definition) is 1. The van der Waals surface area contributed by atoms with Gasteiger partial charge in [-0.1, -0.05) is 12.1 Å². The molecule has 0 fully saturated rings. The third kappa shape index (κ3) is 3.31. The number of benzene rings is 2. The lowest BCUT2D eigenvalue weighted by molar-refractivity contribution is -0.144. The van der Waals surface area contributed by atoms with Crippen LogP contribution in [0.15, 0.2) is 53.4 Å². The van der Waals surface area contributed by atoms with Gasteiger partial charge < -0.3 is 4.98 Å². The maximum absolute atomic E-state index is 13.1. The van der Waals surface area contributed by atoms with E-state index in [1.165, 1.54) is 36.0 Å². The molecule has 2 aromatic carbocycles. The van der Waals surface area contributed by atoms with Crippen LogP contribution in [0.5, 0.6) is 0 Å². The molecule has 0 radical (unpaired) electrons. The average molecular weight is 352 g/mol. The first-order chi connectivity index (χ1) is 11.4. The molecule has 3 aromatic rings. The minimum atomic E-state index is -4.59. The minimum Gasteiger partial charge on any atom is -0.334 e. The summed E-state index contributed by atoms with van der Waals surface area (Å²) in [5, 5.41) is 0. The van der Waals surface area contributed by atoms with Crippen molar-refractivity contribution in [1.29, 1.82) is 0 Å². The molecule has 0 unspecified atom stereocenters. The van der Waals surface area contributed by atoms with E-state index in [1.807, 2.05) is 18.4 Å². The Morgan fingerprint density at radius 1 is 0.917 bits per heavy atom. The first kappa shape index (κ1) is 16.6. The fourth-order valence-corrected chi connectivity index (χ4v) is 2.70. The maximum Gasteiger partial charge on any atom is 0.449 e. The lowest BCUT2D eigenvalue weighted by Crippen LogP contribution is -2.07. The molecule has 0 atom stereocenters. The van der Waals surface area contributed by atoms with Crippen molar-refractivity contribution < 1.29 is 17.6 Å². The van der Waals surface area contributed by atoms with Crippen molar-refractivity contribution in [3.8, 4) is 22.5 Å². The highest BCUT2D eigenvalue weighted by Crippen LogP contribution is 2.36. The van der Waals surface area contributed by atoms with Gasteiger partial charge in [0.25, 0.3) is 0 Å². The predicted octanol–water partition coefficient (Wildman–Crippen LogP) is 5.62. The van der Waals surface area contributed by atoms with E-state index in [1.54, 1.807) is 12.1 Å². The Kier molecular flexibility index (Phi) is 4.36. The van der Waals surface area contributed by atoms with E-state index in [-0.39, 0.29) is 11.4 Å². The maximum atomic E-state index is 13.1. The second kappa shape index (κ2) is 6.32. The number of thioether (sulfide) groups is 1. The van der Waals surface area contributed by atoms with Crippen molar-refractivity contribution in [1.82, 2.24) is 9.97 Å². The van der Waals surface area contributed by atoms with Crippen LogP contribution in [0.1, 0.15) is 5.82 Å². The summed E-state index contributed by atoms with van der Waals surface area (Å²) in [6.45, 7) is 0. The number of hydrogen-bond acceptors (Lipinski definition) is 2. The second-order valence-electron chi connectivity index (χ2n) is 5.04. The summed E-state index contributed by atoms with van der Waals surface area (Å²) in [4.78, 5) is 7.04. The summed E-state index contributed by atoms with van der Waals surface area (Å²) in [6, 6.07) is 12.3. The Bertz CT molecular complexity index is 837. The Hall–Kier alpha value is -2.28. The quantitative estimate of drug-likeness (QED) is 0.489. The third-order valence-electron chi connectivity index (χ3n) is 3.47. The number of nitrogens with zero attached hydrogens (tertiary/aromatic N) is 1. The van der Waals surface area contributed by atoms with Gasteiger partial charge in [0.1, 0.15) is 5.82 Å². The normalized spacial score (nSPS) is 11.7. The van der Waals surface area contributed by atoms with Gasteiger partial charge in [-0.25, -0.2) is 9.37 Å². The van der Waals surface area contributed by atoms with Gasteiger partial charge in [0, 0.05) is 16.0 Å². The van der Waals surface area contributed by atoms with Crippen LogP contribution in [0.2, 0.25) is 0 Å². The highest BCUT2D eigenvalue weighted by atomic mass is 32.2. The minimum absolute atomic E-state index is 0.182. The van der Waals surface area contributed by atoms with E-state index < -0.39 is 17.8 Å². The van der Waals surface area contributed by atoms with Gasteiger partial charge in [0.05, 0.1) is 11.4 Å². The van der Waals surface area contributed by atoms with Crippen molar-refractivity contribution in [2.45, 2.75) is 11.1 Å². The SMILES string of the molecule is CSc1ccc(-c2nc(C(F)(F)F)[nH]c2-c2ccc(F)cc2)cc1. The summed E-state index contributed by atoms with van der Waals surface area (Å²) < 4.78 is 52.2. The molecule has 0 bridgehead atoms. The molecule has 0 amide bonds. The molecule has 0 aliphatic heterocycles. The Morgan fingerprint density at radius 2 is 1.50 bits per heavy atom. The van der Waals surface area contributed by atoms with Gasteiger partial charge >= 0.3 is 6.18 Å². The van der Waals surface area contributed by atoms with Crippen molar-refractivity contribution in [2.24, 2.45) is 0 Å². The number of aromatic nitrogens is 2. The summed E-state index contributed by atoms with van der Waals surface area (Å²) in [6.07, 6.45) is -2.68. The van der Waals surface area contributed by atoms with Crippen molar-refractivity contribution in [3.63, 3.8) is 0 Å². The highest BCUT2D eigenvalue weighted by Gasteiger charge is 2.36. The van der Waals surface area contributed by atoms with Gasteiger partial charge in [0.2, 0.25) is 5.82 Å². The highest BCUT2D eigenvalue weighted by molar-refractivity contribution is 7.98. The molecule has 3 rings (SSSR count). The molecular weight excluding hydrogens is 340 g/mol. The van der Waals surface area contributed by atoms with E-state index in [0.717, 1.165) is 4.90 Å². The molecule has 1 heterocycles. The van der Waals surface area contributed by atoms with E-state index in [2.05, 4.69) is 9.97 Å². The third-order valence-corrected chi connectivity index (χ3v) is 4.21. The van der Waals surface area contributed by atoms with Crippen LogP contribution in [-0.4, -0.2) is 16.2 Å². The Balaban J connectivity index is 2.15. The fourth-order valence-electron chi connectivity index (χ4n) is 2.29. The Labute approximate surface area is 139 Å². The molecule has 7 heteroatoms. The molecule has 0 spiro atoms. The van der Waals surface area contributed by atoms with Crippen LogP contribution >= 0.6 is 11.8 Å².